The maximum Gasteiger partial charge on any atom is 0.257 e. The molecule has 2 aromatic rings. The van der Waals surface area contributed by atoms with Crippen molar-refractivity contribution in [2.24, 2.45) is 0 Å². The van der Waals surface area contributed by atoms with Crippen molar-refractivity contribution >= 4 is 28.9 Å². The maximum absolute atomic E-state index is 12.2. The summed E-state index contributed by atoms with van der Waals surface area (Å²) in [6.07, 6.45) is 0. The third-order valence-corrected chi connectivity index (χ3v) is 3.47. The van der Waals surface area contributed by atoms with Gasteiger partial charge in [-0.15, -0.1) is 0 Å². The molecule has 0 unspecified atom stereocenters. The van der Waals surface area contributed by atoms with Crippen molar-refractivity contribution in [1.29, 1.82) is 0 Å². The van der Waals surface area contributed by atoms with Gasteiger partial charge in [0.05, 0.1) is 6.61 Å². The average molecular weight is 314 g/mol. The molecule has 0 atom stereocenters. The Bertz CT molecular complexity index is 641. The first kappa shape index (κ1) is 16.0. The van der Waals surface area contributed by atoms with Crippen LogP contribution in [-0.2, 0) is 0 Å². The molecule has 2 rings (SSSR count). The Hall–Kier alpha value is -2.40. The quantitative estimate of drug-likeness (QED) is 0.880. The summed E-state index contributed by atoms with van der Waals surface area (Å²) in [7, 11) is 1.82. The Kier molecular flexibility index (Phi) is 5.49. The molecule has 0 aliphatic heterocycles. The van der Waals surface area contributed by atoms with Crippen LogP contribution in [0.5, 0.6) is 5.75 Å². The van der Waals surface area contributed by atoms with E-state index in [4.69, 9.17) is 17.0 Å². The molecule has 1 N–H and O–H groups in total. The highest BCUT2D eigenvalue weighted by atomic mass is 32.1. The number of carbonyl (C=O) groups is 1. The molecule has 0 spiro atoms. The molecule has 0 aliphatic carbocycles. The monoisotopic (exact) mass is 314 g/mol. The highest BCUT2D eigenvalue weighted by molar-refractivity contribution is 7.80. The molecule has 0 heterocycles. The number of nitrogens with one attached hydrogen (secondary N) is 1. The van der Waals surface area contributed by atoms with Gasteiger partial charge in [-0.05, 0) is 55.5 Å². The lowest BCUT2D eigenvalue weighted by Gasteiger charge is -2.20. The lowest BCUT2D eigenvalue weighted by Crippen LogP contribution is -2.40. The third-order valence-electron chi connectivity index (χ3n) is 3.10. The standard InChI is InChI=1S/C17H18N2O2S/c1-3-21-15-11-9-13(10-12-15)16(20)18-17(22)19(2)14-7-5-4-6-8-14/h4-12H,3H2,1-2H3,(H,18,20,22). The SMILES string of the molecule is CCOc1ccc(C(=O)NC(=S)N(C)c2ccccc2)cc1. The van der Waals surface area contributed by atoms with Crippen molar-refractivity contribution in [3.8, 4) is 5.75 Å². The van der Waals surface area contributed by atoms with Gasteiger partial charge in [-0.3, -0.25) is 10.1 Å². The molecule has 0 saturated heterocycles. The number of thiocarbonyl (C=S) groups is 1. The number of amides is 1. The lowest BCUT2D eigenvalue weighted by molar-refractivity contribution is 0.0977. The first-order chi connectivity index (χ1) is 10.6. The van der Waals surface area contributed by atoms with Gasteiger partial charge in [0.2, 0.25) is 0 Å². The minimum atomic E-state index is -0.240. The molecule has 114 valence electrons. The molecule has 0 saturated carbocycles. The topological polar surface area (TPSA) is 41.6 Å². The normalized spacial score (nSPS) is 9.91. The first-order valence-corrected chi connectivity index (χ1v) is 7.39. The van der Waals surface area contributed by atoms with Crippen LogP contribution >= 0.6 is 12.2 Å². The smallest absolute Gasteiger partial charge is 0.257 e. The highest BCUT2D eigenvalue weighted by Gasteiger charge is 2.12. The molecule has 4 nitrogen and oxygen atoms in total. The molecule has 1 amide bonds. The predicted molar refractivity (Wildman–Crippen MR) is 92.5 cm³/mol. The molecule has 0 bridgehead atoms. The summed E-state index contributed by atoms with van der Waals surface area (Å²) in [6, 6.07) is 16.6. The van der Waals surface area contributed by atoms with E-state index in [-0.39, 0.29) is 5.91 Å². The minimum absolute atomic E-state index is 0.240. The van der Waals surface area contributed by atoms with Crippen molar-refractivity contribution < 1.29 is 9.53 Å². The zero-order valence-electron chi connectivity index (χ0n) is 12.6. The molecule has 0 fully saturated rings. The Morgan fingerprint density at radius 2 is 1.77 bits per heavy atom. The summed E-state index contributed by atoms with van der Waals surface area (Å²) >= 11 is 5.27. The molecule has 0 aromatic heterocycles. The average Bonchev–Trinajstić information content (AvgIpc) is 2.55. The fourth-order valence-corrected chi connectivity index (χ4v) is 2.09. The van der Waals surface area contributed by atoms with E-state index in [1.807, 2.05) is 44.3 Å². The Morgan fingerprint density at radius 1 is 1.14 bits per heavy atom. The molecule has 22 heavy (non-hydrogen) atoms. The lowest BCUT2D eigenvalue weighted by atomic mass is 10.2. The van der Waals surface area contributed by atoms with E-state index in [1.165, 1.54) is 0 Å². The molecular formula is C17H18N2O2S. The van der Waals surface area contributed by atoms with Gasteiger partial charge in [0.15, 0.2) is 5.11 Å². The van der Waals surface area contributed by atoms with Gasteiger partial charge in [-0.2, -0.15) is 0 Å². The Morgan fingerprint density at radius 3 is 2.36 bits per heavy atom. The second kappa shape index (κ2) is 7.56. The molecule has 2 aromatic carbocycles. The maximum atomic E-state index is 12.2. The second-order valence-electron chi connectivity index (χ2n) is 4.61. The number of rotatable bonds is 4. The van der Waals surface area contributed by atoms with E-state index in [9.17, 15) is 4.79 Å². The summed E-state index contributed by atoms with van der Waals surface area (Å²) < 4.78 is 5.35. The number of benzene rings is 2. The van der Waals surface area contributed by atoms with E-state index in [1.54, 1.807) is 29.2 Å². The van der Waals surface area contributed by atoms with E-state index in [0.717, 1.165) is 11.4 Å². The van der Waals surface area contributed by atoms with Crippen LogP contribution in [0.3, 0.4) is 0 Å². The van der Waals surface area contributed by atoms with Crippen LogP contribution in [0.1, 0.15) is 17.3 Å². The van der Waals surface area contributed by atoms with Gasteiger partial charge in [-0.25, -0.2) is 0 Å². The summed E-state index contributed by atoms with van der Waals surface area (Å²) in [6.45, 7) is 2.51. The van der Waals surface area contributed by atoms with Crippen molar-refractivity contribution in [2.45, 2.75) is 6.92 Å². The van der Waals surface area contributed by atoms with Gasteiger partial charge >= 0.3 is 0 Å². The third kappa shape index (κ3) is 4.05. The number of nitrogens with zero attached hydrogens (tertiary/aromatic N) is 1. The molecule has 5 heteroatoms. The zero-order chi connectivity index (χ0) is 15.9. The van der Waals surface area contributed by atoms with Crippen LogP contribution in [0.25, 0.3) is 0 Å². The first-order valence-electron chi connectivity index (χ1n) is 6.98. The van der Waals surface area contributed by atoms with Crippen molar-refractivity contribution in [2.75, 3.05) is 18.6 Å². The fraction of sp³-hybridized carbons (Fsp3) is 0.176. The number of para-hydroxylation sites is 1. The largest absolute Gasteiger partial charge is 0.494 e. The van der Waals surface area contributed by atoms with E-state index >= 15 is 0 Å². The van der Waals surface area contributed by atoms with Crippen molar-refractivity contribution in [3.63, 3.8) is 0 Å². The van der Waals surface area contributed by atoms with Gasteiger partial charge < -0.3 is 9.64 Å². The van der Waals surface area contributed by atoms with Gasteiger partial charge in [-0.1, -0.05) is 18.2 Å². The van der Waals surface area contributed by atoms with Gasteiger partial charge in [0, 0.05) is 18.3 Å². The van der Waals surface area contributed by atoms with Crippen LogP contribution in [0, 0.1) is 0 Å². The van der Waals surface area contributed by atoms with Crippen LogP contribution in [-0.4, -0.2) is 24.7 Å². The second-order valence-corrected chi connectivity index (χ2v) is 5.00. The van der Waals surface area contributed by atoms with Gasteiger partial charge in [0.25, 0.3) is 5.91 Å². The Balaban J connectivity index is 2.00. The summed E-state index contributed by atoms with van der Waals surface area (Å²) in [5, 5.41) is 3.08. The van der Waals surface area contributed by atoms with E-state index < -0.39 is 0 Å². The van der Waals surface area contributed by atoms with Crippen LogP contribution in [0.15, 0.2) is 54.6 Å². The molecule has 0 aliphatic rings. The zero-order valence-corrected chi connectivity index (χ0v) is 13.4. The summed E-state index contributed by atoms with van der Waals surface area (Å²) in [5.41, 5.74) is 1.45. The fourth-order valence-electron chi connectivity index (χ4n) is 1.89. The summed E-state index contributed by atoms with van der Waals surface area (Å²) in [4.78, 5) is 13.9. The van der Waals surface area contributed by atoms with Crippen LogP contribution in [0.4, 0.5) is 5.69 Å². The number of hydrogen-bond donors (Lipinski definition) is 1. The predicted octanol–water partition coefficient (Wildman–Crippen LogP) is 3.24. The van der Waals surface area contributed by atoms with E-state index in [0.29, 0.717) is 17.3 Å². The molecule has 0 radical (unpaired) electrons. The number of anilines is 1. The Labute approximate surface area is 135 Å². The number of ether oxygens (including phenoxy) is 1. The van der Waals surface area contributed by atoms with Crippen LogP contribution < -0.4 is 15.0 Å². The summed E-state index contributed by atoms with van der Waals surface area (Å²) in [5.74, 6) is 0.499. The van der Waals surface area contributed by atoms with Crippen LogP contribution in [0.2, 0.25) is 0 Å². The number of carbonyl (C=O) groups excluding carboxylic acids is 1. The van der Waals surface area contributed by atoms with E-state index in [2.05, 4.69) is 5.32 Å². The minimum Gasteiger partial charge on any atom is -0.494 e. The van der Waals surface area contributed by atoms with Crippen molar-refractivity contribution in [1.82, 2.24) is 5.32 Å². The number of hydrogen-bond acceptors (Lipinski definition) is 3. The van der Waals surface area contributed by atoms with Gasteiger partial charge in [0.1, 0.15) is 5.75 Å². The van der Waals surface area contributed by atoms with Crippen molar-refractivity contribution in [3.05, 3.63) is 60.2 Å². The highest BCUT2D eigenvalue weighted by Crippen LogP contribution is 2.13. The molecular weight excluding hydrogens is 296 g/mol.